The number of nitrogens with one attached hydrogen (secondary N) is 2. The number of pyridine rings is 1. The second kappa shape index (κ2) is 9.21. The van der Waals surface area contributed by atoms with E-state index in [0.29, 0.717) is 26.0 Å². The first kappa shape index (κ1) is 19.0. The lowest BCUT2D eigenvalue weighted by atomic mass is 10.2. The third kappa shape index (κ3) is 6.74. The lowest BCUT2D eigenvalue weighted by Gasteiger charge is -2.08. The first-order chi connectivity index (χ1) is 10.9. The van der Waals surface area contributed by atoms with Crippen molar-refractivity contribution in [2.24, 2.45) is 0 Å². The maximum absolute atomic E-state index is 12.0. The Hall–Kier alpha value is -2.00. The molecule has 1 aromatic rings. The molecule has 0 radical (unpaired) electrons. The Kier molecular flexibility index (Phi) is 7.63. The zero-order valence-corrected chi connectivity index (χ0v) is 14.0. The minimum Gasteiger partial charge on any atom is -0.383 e. The fourth-order valence-electron chi connectivity index (χ4n) is 1.64. The van der Waals surface area contributed by atoms with Gasteiger partial charge in [0.1, 0.15) is 5.69 Å². The third-order valence-electron chi connectivity index (χ3n) is 2.86. The van der Waals surface area contributed by atoms with E-state index in [2.05, 4.69) is 10.3 Å². The highest BCUT2D eigenvalue weighted by Crippen LogP contribution is 2.04. The molecule has 23 heavy (non-hydrogen) atoms. The quantitative estimate of drug-likeness (QED) is 0.624. The van der Waals surface area contributed by atoms with Crippen molar-refractivity contribution in [1.82, 2.24) is 15.0 Å². The molecule has 9 heteroatoms. The number of aromatic nitrogens is 1. The van der Waals surface area contributed by atoms with Gasteiger partial charge in [-0.15, -0.1) is 0 Å². The van der Waals surface area contributed by atoms with E-state index < -0.39 is 21.8 Å². The number of amides is 2. The zero-order valence-electron chi connectivity index (χ0n) is 13.2. The zero-order chi connectivity index (χ0) is 17.3. The van der Waals surface area contributed by atoms with Crippen molar-refractivity contribution in [3.8, 4) is 0 Å². The molecule has 1 heterocycles. The summed E-state index contributed by atoms with van der Waals surface area (Å²) in [7, 11) is -2.17. The van der Waals surface area contributed by atoms with Gasteiger partial charge in [-0.1, -0.05) is 13.3 Å². The maximum Gasteiger partial charge on any atom is 0.269 e. The van der Waals surface area contributed by atoms with Crippen molar-refractivity contribution in [1.29, 1.82) is 0 Å². The summed E-state index contributed by atoms with van der Waals surface area (Å²) in [4.78, 5) is 27.7. The molecule has 0 saturated heterocycles. The van der Waals surface area contributed by atoms with Crippen LogP contribution in [0.1, 0.15) is 40.6 Å². The summed E-state index contributed by atoms with van der Waals surface area (Å²) in [6.07, 6.45) is 2.45. The van der Waals surface area contributed by atoms with E-state index in [1.807, 2.05) is 11.6 Å². The molecule has 128 valence electrons. The minimum absolute atomic E-state index is 0.0275. The Morgan fingerprint density at radius 1 is 1.30 bits per heavy atom. The largest absolute Gasteiger partial charge is 0.383 e. The van der Waals surface area contributed by atoms with Crippen molar-refractivity contribution in [3.63, 3.8) is 0 Å². The number of rotatable bonds is 9. The molecule has 0 saturated carbocycles. The van der Waals surface area contributed by atoms with Gasteiger partial charge in [0.05, 0.1) is 12.4 Å². The van der Waals surface area contributed by atoms with E-state index in [0.717, 1.165) is 0 Å². The fourth-order valence-corrected chi connectivity index (χ4v) is 2.81. The SMILES string of the molecule is CCCCS(=O)(=O)NC(=O)c1ccnc(C(=O)NCCOC)c1. The number of unbranched alkanes of at least 4 members (excludes halogenated alkanes) is 1. The highest BCUT2D eigenvalue weighted by Gasteiger charge is 2.17. The molecule has 0 aromatic carbocycles. The maximum atomic E-state index is 12.0. The van der Waals surface area contributed by atoms with Gasteiger partial charge in [0.2, 0.25) is 10.0 Å². The Bertz CT molecular complexity index is 646. The van der Waals surface area contributed by atoms with Crippen LogP contribution in [0.5, 0.6) is 0 Å². The highest BCUT2D eigenvalue weighted by atomic mass is 32.2. The number of sulfonamides is 1. The summed E-state index contributed by atoms with van der Waals surface area (Å²) >= 11 is 0. The van der Waals surface area contributed by atoms with Gasteiger partial charge in [-0.3, -0.25) is 14.6 Å². The summed E-state index contributed by atoms with van der Waals surface area (Å²) in [6.45, 7) is 2.51. The molecule has 0 aliphatic heterocycles. The molecule has 2 N–H and O–H groups in total. The van der Waals surface area contributed by atoms with Crippen LogP contribution in [-0.4, -0.2) is 51.2 Å². The summed E-state index contributed by atoms with van der Waals surface area (Å²) < 4.78 is 30.2. The normalized spacial score (nSPS) is 11.0. The Morgan fingerprint density at radius 3 is 2.70 bits per heavy atom. The van der Waals surface area contributed by atoms with Crippen molar-refractivity contribution < 1.29 is 22.7 Å². The predicted molar refractivity (Wildman–Crippen MR) is 84.6 cm³/mol. The average Bonchev–Trinajstić information content (AvgIpc) is 2.53. The van der Waals surface area contributed by atoms with Gasteiger partial charge in [0, 0.05) is 25.4 Å². The first-order valence-corrected chi connectivity index (χ1v) is 8.83. The van der Waals surface area contributed by atoms with Crippen LogP contribution in [0.4, 0.5) is 0 Å². The number of hydrogen-bond donors (Lipinski definition) is 2. The Balaban J connectivity index is 2.75. The standard InChI is InChI=1S/C14H21N3O5S/c1-3-4-9-23(20,21)17-13(18)11-5-6-15-12(10-11)14(19)16-7-8-22-2/h5-6,10H,3-4,7-9H2,1-2H3,(H,16,19)(H,17,18). The van der Waals surface area contributed by atoms with Gasteiger partial charge in [-0.05, 0) is 18.6 Å². The molecule has 0 aliphatic carbocycles. The molecular weight excluding hydrogens is 322 g/mol. The van der Waals surface area contributed by atoms with Gasteiger partial charge < -0.3 is 10.1 Å². The van der Waals surface area contributed by atoms with Crippen LogP contribution in [0, 0.1) is 0 Å². The van der Waals surface area contributed by atoms with Crippen molar-refractivity contribution in [2.45, 2.75) is 19.8 Å². The van der Waals surface area contributed by atoms with E-state index in [1.54, 1.807) is 0 Å². The van der Waals surface area contributed by atoms with Crippen LogP contribution in [0.25, 0.3) is 0 Å². The van der Waals surface area contributed by atoms with Crippen LogP contribution in [0.2, 0.25) is 0 Å². The number of methoxy groups -OCH3 is 1. The van der Waals surface area contributed by atoms with E-state index >= 15 is 0 Å². The van der Waals surface area contributed by atoms with Crippen molar-refractivity contribution in [3.05, 3.63) is 29.6 Å². The highest BCUT2D eigenvalue weighted by molar-refractivity contribution is 7.90. The summed E-state index contributed by atoms with van der Waals surface area (Å²) in [5.41, 5.74) is 0.0803. The van der Waals surface area contributed by atoms with E-state index in [1.165, 1.54) is 25.4 Å². The summed E-state index contributed by atoms with van der Waals surface area (Å²) in [5.74, 6) is -1.37. The number of carbonyl (C=O) groups excluding carboxylic acids is 2. The minimum atomic E-state index is -3.68. The van der Waals surface area contributed by atoms with Gasteiger partial charge >= 0.3 is 0 Å². The Labute approximate surface area is 135 Å². The molecule has 0 atom stereocenters. The van der Waals surface area contributed by atoms with Crippen LogP contribution in [0.3, 0.4) is 0 Å². The van der Waals surface area contributed by atoms with Crippen molar-refractivity contribution >= 4 is 21.8 Å². The van der Waals surface area contributed by atoms with Crippen LogP contribution >= 0.6 is 0 Å². The molecular formula is C14H21N3O5S. The van der Waals surface area contributed by atoms with Crippen LogP contribution < -0.4 is 10.0 Å². The number of hydrogen-bond acceptors (Lipinski definition) is 6. The number of ether oxygens (including phenoxy) is 1. The van der Waals surface area contributed by atoms with Gasteiger partial charge in [-0.25, -0.2) is 13.1 Å². The second-order valence-corrected chi connectivity index (χ2v) is 6.62. The first-order valence-electron chi connectivity index (χ1n) is 7.17. The van der Waals surface area contributed by atoms with E-state index in [9.17, 15) is 18.0 Å². The number of carbonyl (C=O) groups is 2. The smallest absolute Gasteiger partial charge is 0.269 e. The van der Waals surface area contributed by atoms with Crippen LogP contribution in [0.15, 0.2) is 18.3 Å². The van der Waals surface area contributed by atoms with E-state index in [-0.39, 0.29) is 17.0 Å². The van der Waals surface area contributed by atoms with E-state index in [4.69, 9.17) is 4.74 Å². The Morgan fingerprint density at radius 2 is 2.04 bits per heavy atom. The molecule has 1 rings (SSSR count). The number of nitrogens with zero attached hydrogens (tertiary/aromatic N) is 1. The topological polar surface area (TPSA) is 114 Å². The summed E-state index contributed by atoms with van der Waals surface area (Å²) in [6, 6.07) is 2.59. The fraction of sp³-hybridized carbons (Fsp3) is 0.500. The van der Waals surface area contributed by atoms with Gasteiger partial charge in [-0.2, -0.15) is 0 Å². The molecule has 0 aliphatic rings. The third-order valence-corrected chi connectivity index (χ3v) is 4.18. The molecule has 0 unspecified atom stereocenters. The predicted octanol–water partition coefficient (Wildman–Crippen LogP) is 0.318. The summed E-state index contributed by atoms with van der Waals surface area (Å²) in [5, 5.41) is 2.57. The van der Waals surface area contributed by atoms with Gasteiger partial charge in [0.25, 0.3) is 11.8 Å². The van der Waals surface area contributed by atoms with Crippen LogP contribution in [-0.2, 0) is 14.8 Å². The second-order valence-electron chi connectivity index (χ2n) is 4.78. The molecule has 1 aromatic heterocycles. The molecule has 0 fully saturated rings. The molecule has 0 bridgehead atoms. The monoisotopic (exact) mass is 343 g/mol. The average molecular weight is 343 g/mol. The molecule has 8 nitrogen and oxygen atoms in total. The molecule has 2 amide bonds. The lowest BCUT2D eigenvalue weighted by Crippen LogP contribution is -2.33. The molecule has 0 spiro atoms. The van der Waals surface area contributed by atoms with Crippen molar-refractivity contribution in [2.75, 3.05) is 26.0 Å². The lowest BCUT2D eigenvalue weighted by molar-refractivity contribution is 0.0932. The van der Waals surface area contributed by atoms with Gasteiger partial charge in [0.15, 0.2) is 0 Å².